The Morgan fingerprint density at radius 3 is 1.35 bits per heavy atom. The molecule has 0 amide bonds. The summed E-state index contributed by atoms with van der Waals surface area (Å²) < 4.78 is 9.29. The molecule has 0 rings (SSSR count). The van der Waals surface area contributed by atoms with E-state index in [-0.39, 0.29) is 24.0 Å². The lowest BCUT2D eigenvalue weighted by molar-refractivity contribution is -0.159. The highest BCUT2D eigenvalue weighted by Gasteiger charge is 2.29. The number of ether oxygens (including phenoxy) is 2. The van der Waals surface area contributed by atoms with Gasteiger partial charge in [0.25, 0.3) is 0 Å². The Morgan fingerprint density at radius 2 is 1.09 bits per heavy atom. The lowest BCUT2D eigenvalue weighted by Gasteiger charge is -2.21. The molecule has 128 valence electrons. The summed E-state index contributed by atoms with van der Waals surface area (Å²) in [6.07, 6.45) is 0.415. The van der Waals surface area contributed by atoms with Crippen LogP contribution in [0.5, 0.6) is 0 Å². The Bertz CT molecular complexity index is 481. The van der Waals surface area contributed by atoms with E-state index in [1.165, 1.54) is 0 Å². The van der Waals surface area contributed by atoms with Crippen LogP contribution < -0.4 is 0 Å². The first kappa shape index (κ1) is 20.8. The second-order valence-electron chi connectivity index (χ2n) is 5.96. The van der Waals surface area contributed by atoms with E-state index in [2.05, 4.69) is 22.6 Å². The van der Waals surface area contributed by atoms with Crippen molar-refractivity contribution in [2.24, 2.45) is 5.41 Å². The van der Waals surface area contributed by atoms with Gasteiger partial charge in [0.05, 0.1) is 12.8 Å². The molecule has 6 heteroatoms. The molecule has 0 aromatic heterocycles. The summed E-state index contributed by atoms with van der Waals surface area (Å²) in [5.41, 5.74) is -0.436. The third kappa shape index (κ3) is 8.09. The first-order chi connectivity index (χ1) is 10.5. The first-order valence-corrected chi connectivity index (χ1v) is 7.38. The molecule has 23 heavy (non-hydrogen) atoms. The normalized spacial score (nSPS) is 10.6. The summed E-state index contributed by atoms with van der Waals surface area (Å²) in [5, 5.41) is 0. The van der Waals surface area contributed by atoms with E-state index in [1.807, 2.05) is 0 Å². The average molecular weight is 324 g/mol. The van der Waals surface area contributed by atoms with Gasteiger partial charge >= 0.3 is 23.9 Å². The van der Waals surface area contributed by atoms with Crippen molar-refractivity contribution in [2.75, 3.05) is 0 Å². The van der Waals surface area contributed by atoms with Crippen LogP contribution in [0.3, 0.4) is 0 Å². The molecular formula is C17H24O6. The SMILES string of the molecule is C=C(CC)C(=O)OC(=O)CC(C)(C)CC(=O)OC(=O)C(=C)CC. The fourth-order valence-electron chi connectivity index (χ4n) is 1.56. The first-order valence-electron chi connectivity index (χ1n) is 7.38. The standard InChI is InChI=1S/C17H24O6/c1-7-11(3)15(20)22-13(18)9-17(5,6)10-14(19)23-16(21)12(4)8-2/h3-4,7-10H2,1-2,5-6H3. The maximum absolute atomic E-state index is 11.7. The van der Waals surface area contributed by atoms with Gasteiger partial charge < -0.3 is 9.47 Å². The van der Waals surface area contributed by atoms with Crippen LogP contribution in [0.4, 0.5) is 0 Å². The van der Waals surface area contributed by atoms with Gasteiger partial charge in [-0.15, -0.1) is 0 Å². The smallest absolute Gasteiger partial charge is 0.341 e. The van der Waals surface area contributed by atoms with Gasteiger partial charge in [0, 0.05) is 11.1 Å². The molecule has 0 saturated heterocycles. The van der Waals surface area contributed by atoms with Crippen LogP contribution in [0.2, 0.25) is 0 Å². The molecule has 0 aliphatic rings. The predicted molar refractivity (Wildman–Crippen MR) is 84.1 cm³/mol. The number of carbonyl (C=O) groups excluding carboxylic acids is 4. The van der Waals surface area contributed by atoms with Gasteiger partial charge in [-0.3, -0.25) is 9.59 Å². The van der Waals surface area contributed by atoms with E-state index in [0.29, 0.717) is 12.8 Å². The molecular weight excluding hydrogens is 300 g/mol. The summed E-state index contributed by atoms with van der Waals surface area (Å²) in [4.78, 5) is 46.4. The molecule has 0 fully saturated rings. The molecule has 0 N–H and O–H groups in total. The lowest BCUT2D eigenvalue weighted by Crippen LogP contribution is -2.26. The largest absolute Gasteiger partial charge is 0.390 e. The summed E-state index contributed by atoms with van der Waals surface area (Å²) >= 11 is 0. The molecule has 0 aliphatic heterocycles. The van der Waals surface area contributed by atoms with Crippen LogP contribution in [-0.2, 0) is 28.7 Å². The molecule has 0 aliphatic carbocycles. The van der Waals surface area contributed by atoms with Crippen LogP contribution in [0.1, 0.15) is 53.4 Å². The van der Waals surface area contributed by atoms with Crippen molar-refractivity contribution in [1.82, 2.24) is 0 Å². The van der Waals surface area contributed by atoms with Crippen LogP contribution >= 0.6 is 0 Å². The van der Waals surface area contributed by atoms with Crippen molar-refractivity contribution in [3.8, 4) is 0 Å². The second-order valence-corrected chi connectivity index (χ2v) is 5.96. The topological polar surface area (TPSA) is 86.7 Å². The van der Waals surface area contributed by atoms with Gasteiger partial charge in [0.15, 0.2) is 0 Å². The van der Waals surface area contributed by atoms with Crippen molar-refractivity contribution in [1.29, 1.82) is 0 Å². The lowest BCUT2D eigenvalue weighted by atomic mass is 9.86. The van der Waals surface area contributed by atoms with Crippen LogP contribution in [0.15, 0.2) is 24.3 Å². The van der Waals surface area contributed by atoms with Crippen molar-refractivity contribution in [3.05, 3.63) is 24.3 Å². The zero-order chi connectivity index (χ0) is 18.2. The van der Waals surface area contributed by atoms with Crippen molar-refractivity contribution in [2.45, 2.75) is 53.4 Å². The van der Waals surface area contributed by atoms with Crippen LogP contribution in [0, 0.1) is 5.41 Å². The summed E-state index contributed by atoms with van der Waals surface area (Å²) in [6.45, 7) is 13.7. The van der Waals surface area contributed by atoms with Crippen LogP contribution in [-0.4, -0.2) is 23.9 Å². The molecule has 0 aromatic rings. The second kappa shape index (κ2) is 9.02. The van der Waals surface area contributed by atoms with Crippen molar-refractivity contribution >= 4 is 23.9 Å². The number of esters is 4. The number of hydrogen-bond donors (Lipinski definition) is 0. The van der Waals surface area contributed by atoms with E-state index in [9.17, 15) is 19.2 Å². The Balaban J connectivity index is 4.52. The van der Waals surface area contributed by atoms with Gasteiger partial charge in [-0.1, -0.05) is 40.9 Å². The molecule has 0 spiro atoms. The number of hydrogen-bond acceptors (Lipinski definition) is 6. The van der Waals surface area contributed by atoms with Gasteiger partial charge in [0.1, 0.15) is 0 Å². The minimum Gasteiger partial charge on any atom is -0.390 e. The van der Waals surface area contributed by atoms with E-state index in [4.69, 9.17) is 0 Å². The zero-order valence-electron chi connectivity index (χ0n) is 14.2. The minimum atomic E-state index is -0.824. The average Bonchev–Trinajstić information content (AvgIpc) is 2.43. The molecule has 0 aromatic carbocycles. The van der Waals surface area contributed by atoms with E-state index in [1.54, 1.807) is 27.7 Å². The van der Waals surface area contributed by atoms with Gasteiger partial charge in [0.2, 0.25) is 0 Å². The third-order valence-corrected chi connectivity index (χ3v) is 3.09. The minimum absolute atomic E-state index is 0.173. The fraction of sp³-hybridized carbons (Fsp3) is 0.529. The Labute approximate surface area is 136 Å². The highest BCUT2D eigenvalue weighted by Crippen LogP contribution is 2.26. The Hall–Kier alpha value is -2.24. The summed E-state index contributed by atoms with van der Waals surface area (Å²) in [6, 6.07) is 0. The maximum Gasteiger partial charge on any atom is 0.341 e. The number of rotatable bonds is 8. The summed E-state index contributed by atoms with van der Waals surface area (Å²) in [7, 11) is 0. The van der Waals surface area contributed by atoms with Crippen molar-refractivity contribution in [3.63, 3.8) is 0 Å². The summed E-state index contributed by atoms with van der Waals surface area (Å²) in [5.74, 6) is -3.06. The highest BCUT2D eigenvalue weighted by molar-refractivity contribution is 5.97. The van der Waals surface area contributed by atoms with Crippen LogP contribution in [0.25, 0.3) is 0 Å². The maximum atomic E-state index is 11.7. The van der Waals surface area contributed by atoms with Crippen molar-refractivity contribution < 1.29 is 28.7 Å². The van der Waals surface area contributed by atoms with Gasteiger partial charge in [-0.2, -0.15) is 0 Å². The highest BCUT2D eigenvalue weighted by atomic mass is 16.6. The van der Waals surface area contributed by atoms with E-state index >= 15 is 0 Å². The molecule has 0 atom stereocenters. The predicted octanol–water partition coefficient (Wildman–Crippen LogP) is 2.86. The van der Waals surface area contributed by atoms with Gasteiger partial charge in [-0.05, 0) is 18.3 Å². The molecule has 0 unspecified atom stereocenters. The molecule has 0 radical (unpaired) electrons. The number of carbonyl (C=O) groups is 4. The fourth-order valence-corrected chi connectivity index (χ4v) is 1.56. The van der Waals surface area contributed by atoms with Gasteiger partial charge in [-0.25, -0.2) is 9.59 Å². The molecule has 0 heterocycles. The molecule has 6 nitrogen and oxygen atoms in total. The quantitative estimate of drug-likeness (QED) is 0.387. The Morgan fingerprint density at radius 1 is 0.783 bits per heavy atom. The molecule has 0 bridgehead atoms. The Kier molecular flexibility index (Phi) is 8.15. The molecule has 0 saturated carbocycles. The zero-order valence-corrected chi connectivity index (χ0v) is 14.2. The monoisotopic (exact) mass is 324 g/mol. The van der Waals surface area contributed by atoms with E-state index in [0.717, 1.165) is 0 Å². The van der Waals surface area contributed by atoms with E-state index < -0.39 is 29.3 Å². The third-order valence-electron chi connectivity index (χ3n) is 3.09.